The van der Waals surface area contributed by atoms with Gasteiger partial charge in [0.1, 0.15) is 5.82 Å². The minimum atomic E-state index is -0.137. The van der Waals surface area contributed by atoms with Crippen LogP contribution in [0.15, 0.2) is 47.3 Å². The van der Waals surface area contributed by atoms with Crippen LogP contribution in [0.4, 0.5) is 5.82 Å². The third kappa shape index (κ3) is 1.67. The Morgan fingerprint density at radius 1 is 1.18 bits per heavy atom. The van der Waals surface area contributed by atoms with Crippen LogP contribution in [0.5, 0.6) is 0 Å². The van der Waals surface area contributed by atoms with Crippen molar-refractivity contribution in [3.63, 3.8) is 0 Å². The molecule has 5 heteroatoms. The number of amides is 1. The van der Waals surface area contributed by atoms with Crippen LogP contribution in [-0.2, 0) is 4.79 Å². The molecular formula is C12H10N4O. The largest absolute Gasteiger partial charge is 0.362 e. The van der Waals surface area contributed by atoms with E-state index in [1.807, 2.05) is 24.4 Å². The summed E-state index contributed by atoms with van der Waals surface area (Å²) in [6, 6.07) is 7.40. The van der Waals surface area contributed by atoms with Crippen LogP contribution in [0.3, 0.4) is 0 Å². The number of anilines is 1. The Hall–Kier alpha value is -2.56. The number of nitrogens with zero attached hydrogens (tertiary/aromatic N) is 2. The molecule has 0 spiro atoms. The summed E-state index contributed by atoms with van der Waals surface area (Å²) in [5.41, 5.74) is 1.44. The highest BCUT2D eigenvalue weighted by Crippen LogP contribution is 2.19. The lowest BCUT2D eigenvalue weighted by Crippen LogP contribution is -2.21. The fourth-order valence-corrected chi connectivity index (χ4v) is 1.67. The smallest absolute Gasteiger partial charge is 0.281 e. The van der Waals surface area contributed by atoms with Crippen LogP contribution in [-0.4, -0.2) is 22.1 Å². The molecule has 1 aliphatic heterocycles. The molecule has 0 atom stereocenters. The van der Waals surface area contributed by atoms with Gasteiger partial charge in [-0.3, -0.25) is 4.79 Å². The molecule has 17 heavy (non-hydrogen) atoms. The number of nitrogens with one attached hydrogen (secondary N) is 2. The molecule has 0 unspecified atom stereocenters. The summed E-state index contributed by atoms with van der Waals surface area (Å²) < 4.78 is 0. The van der Waals surface area contributed by atoms with Gasteiger partial charge in [-0.1, -0.05) is 0 Å². The Bertz CT molecular complexity index is 578. The van der Waals surface area contributed by atoms with Crippen molar-refractivity contribution in [2.75, 3.05) is 5.01 Å². The SMILES string of the molecule is O=C1C(=Cc2ccc[nH]2)C=NN1c1ccc[nH]1. The van der Waals surface area contributed by atoms with Gasteiger partial charge in [0.2, 0.25) is 0 Å². The Labute approximate surface area is 97.5 Å². The zero-order valence-electron chi connectivity index (χ0n) is 8.92. The van der Waals surface area contributed by atoms with E-state index in [0.29, 0.717) is 11.4 Å². The van der Waals surface area contributed by atoms with E-state index < -0.39 is 0 Å². The first kappa shape index (κ1) is 9.65. The van der Waals surface area contributed by atoms with Crippen molar-refractivity contribution in [2.45, 2.75) is 0 Å². The lowest BCUT2D eigenvalue weighted by molar-refractivity contribution is -0.114. The fourth-order valence-electron chi connectivity index (χ4n) is 1.67. The van der Waals surface area contributed by atoms with E-state index in [1.165, 1.54) is 5.01 Å². The second-order valence-electron chi connectivity index (χ2n) is 3.64. The van der Waals surface area contributed by atoms with Crippen LogP contribution < -0.4 is 5.01 Å². The first-order valence-corrected chi connectivity index (χ1v) is 5.21. The number of hydrazone groups is 1. The third-order valence-corrected chi connectivity index (χ3v) is 2.49. The van der Waals surface area contributed by atoms with Gasteiger partial charge in [-0.15, -0.1) is 0 Å². The van der Waals surface area contributed by atoms with Crippen molar-refractivity contribution in [1.29, 1.82) is 0 Å². The standard InChI is InChI=1S/C12H10N4O/c17-12-9(7-10-3-1-5-13-10)8-15-16(12)11-4-2-6-14-11/h1-8,13-14H. The summed E-state index contributed by atoms with van der Waals surface area (Å²) in [5, 5.41) is 5.41. The average Bonchev–Trinajstić information content (AvgIpc) is 3.03. The average molecular weight is 226 g/mol. The van der Waals surface area contributed by atoms with Crippen LogP contribution in [0, 0.1) is 0 Å². The van der Waals surface area contributed by atoms with Gasteiger partial charge in [0.15, 0.2) is 0 Å². The number of aromatic nitrogens is 2. The topological polar surface area (TPSA) is 64.2 Å². The van der Waals surface area contributed by atoms with Crippen molar-refractivity contribution in [3.8, 4) is 0 Å². The second-order valence-corrected chi connectivity index (χ2v) is 3.64. The van der Waals surface area contributed by atoms with Crippen LogP contribution in [0.25, 0.3) is 6.08 Å². The number of aromatic amines is 2. The first-order chi connectivity index (χ1) is 8.34. The van der Waals surface area contributed by atoms with Gasteiger partial charge in [0.25, 0.3) is 5.91 Å². The lowest BCUT2D eigenvalue weighted by Gasteiger charge is -2.08. The molecule has 2 aromatic heterocycles. The Balaban J connectivity index is 1.89. The molecule has 2 aromatic rings. The minimum absolute atomic E-state index is 0.137. The fraction of sp³-hybridized carbons (Fsp3) is 0. The Kier molecular flexibility index (Phi) is 2.15. The highest BCUT2D eigenvalue weighted by Gasteiger charge is 2.24. The summed E-state index contributed by atoms with van der Waals surface area (Å²) in [6.45, 7) is 0. The molecule has 3 heterocycles. The molecule has 84 valence electrons. The third-order valence-electron chi connectivity index (χ3n) is 2.49. The Morgan fingerprint density at radius 2 is 2.00 bits per heavy atom. The highest BCUT2D eigenvalue weighted by molar-refractivity contribution is 6.25. The number of carbonyl (C=O) groups is 1. The molecule has 1 aliphatic rings. The molecule has 0 fully saturated rings. The summed E-state index contributed by atoms with van der Waals surface area (Å²) >= 11 is 0. The van der Waals surface area contributed by atoms with Crippen molar-refractivity contribution in [2.24, 2.45) is 5.10 Å². The second kappa shape index (κ2) is 3.79. The number of rotatable bonds is 2. The maximum Gasteiger partial charge on any atom is 0.281 e. The van der Waals surface area contributed by atoms with E-state index in [2.05, 4.69) is 15.1 Å². The van der Waals surface area contributed by atoms with Crippen LogP contribution in [0.2, 0.25) is 0 Å². The summed E-state index contributed by atoms with van der Waals surface area (Å²) in [4.78, 5) is 18.0. The van der Waals surface area contributed by atoms with Crippen molar-refractivity contribution < 1.29 is 4.79 Å². The number of hydrogen-bond donors (Lipinski definition) is 2. The summed E-state index contributed by atoms with van der Waals surface area (Å²) in [6.07, 6.45) is 6.90. The molecule has 0 saturated carbocycles. The molecule has 2 N–H and O–H groups in total. The molecule has 0 saturated heterocycles. The quantitative estimate of drug-likeness (QED) is 0.753. The van der Waals surface area contributed by atoms with Crippen LogP contribution >= 0.6 is 0 Å². The van der Waals surface area contributed by atoms with Gasteiger partial charge in [-0.25, -0.2) is 0 Å². The molecular weight excluding hydrogens is 216 g/mol. The van der Waals surface area contributed by atoms with Gasteiger partial charge in [-0.2, -0.15) is 10.1 Å². The van der Waals surface area contributed by atoms with Gasteiger partial charge < -0.3 is 9.97 Å². The monoisotopic (exact) mass is 226 g/mol. The number of carbonyl (C=O) groups excluding carboxylic acids is 1. The van der Waals surface area contributed by atoms with E-state index in [1.54, 1.807) is 24.6 Å². The molecule has 0 bridgehead atoms. The lowest BCUT2D eigenvalue weighted by atomic mass is 10.2. The number of hydrogen-bond acceptors (Lipinski definition) is 2. The molecule has 0 aromatic carbocycles. The predicted molar refractivity (Wildman–Crippen MR) is 65.5 cm³/mol. The minimum Gasteiger partial charge on any atom is -0.362 e. The zero-order valence-corrected chi connectivity index (χ0v) is 8.92. The maximum atomic E-state index is 12.0. The first-order valence-electron chi connectivity index (χ1n) is 5.21. The molecule has 3 rings (SSSR count). The molecule has 0 aliphatic carbocycles. The van der Waals surface area contributed by atoms with Gasteiger partial charge in [0.05, 0.1) is 11.8 Å². The molecule has 5 nitrogen and oxygen atoms in total. The van der Waals surface area contributed by atoms with Crippen LogP contribution in [0.1, 0.15) is 5.69 Å². The number of H-pyrrole nitrogens is 2. The molecule has 0 radical (unpaired) electrons. The van der Waals surface area contributed by atoms with E-state index in [9.17, 15) is 4.79 Å². The van der Waals surface area contributed by atoms with Crippen molar-refractivity contribution >= 4 is 24.0 Å². The summed E-state index contributed by atoms with van der Waals surface area (Å²) in [5.74, 6) is 0.531. The Morgan fingerprint density at radius 3 is 2.71 bits per heavy atom. The highest BCUT2D eigenvalue weighted by atomic mass is 16.2. The van der Waals surface area contributed by atoms with E-state index >= 15 is 0 Å². The maximum absolute atomic E-state index is 12.0. The van der Waals surface area contributed by atoms with Gasteiger partial charge in [0, 0.05) is 18.1 Å². The zero-order chi connectivity index (χ0) is 11.7. The van der Waals surface area contributed by atoms with Gasteiger partial charge in [-0.05, 0) is 30.3 Å². The van der Waals surface area contributed by atoms with E-state index in [4.69, 9.17) is 0 Å². The van der Waals surface area contributed by atoms with E-state index in [-0.39, 0.29) is 5.91 Å². The van der Waals surface area contributed by atoms with Crippen molar-refractivity contribution in [3.05, 3.63) is 47.9 Å². The van der Waals surface area contributed by atoms with Gasteiger partial charge >= 0.3 is 0 Å². The predicted octanol–water partition coefficient (Wildman–Crippen LogP) is 1.76. The summed E-state index contributed by atoms with van der Waals surface area (Å²) in [7, 11) is 0. The normalized spacial score (nSPS) is 17.3. The molecule has 1 amide bonds. The van der Waals surface area contributed by atoms with Crippen molar-refractivity contribution in [1.82, 2.24) is 9.97 Å². The van der Waals surface area contributed by atoms with E-state index in [0.717, 1.165) is 5.69 Å².